The van der Waals surface area contributed by atoms with Crippen LogP contribution in [0.4, 0.5) is 45.1 Å². The molecule has 3 aliphatic heterocycles. The van der Waals surface area contributed by atoms with Crippen LogP contribution in [0.15, 0.2) is 107 Å². The highest BCUT2D eigenvalue weighted by Crippen LogP contribution is 2.40. The number of rotatable bonds is 14. The summed E-state index contributed by atoms with van der Waals surface area (Å²) in [5, 5.41) is 30.2. The first-order valence-electron chi connectivity index (χ1n) is 23.1. The molecule has 376 valence electrons. The van der Waals surface area contributed by atoms with Crippen molar-refractivity contribution in [3.63, 3.8) is 0 Å². The lowest BCUT2D eigenvalue weighted by Crippen LogP contribution is -2.52. The second kappa shape index (κ2) is 22.4. The maximum absolute atomic E-state index is 15.3. The van der Waals surface area contributed by atoms with Gasteiger partial charge in [-0.15, -0.1) is 0 Å². The average Bonchev–Trinajstić information content (AvgIpc) is 3.38. The van der Waals surface area contributed by atoms with Crippen molar-refractivity contribution in [3.05, 3.63) is 141 Å². The van der Waals surface area contributed by atoms with Crippen molar-refractivity contribution < 1.29 is 41.6 Å². The first-order valence-corrected chi connectivity index (χ1v) is 23.9. The standard InChI is InChI=1S/C51H49Cl2F5N10O4/c52-45-40(11-8-36(47(45)69)27-61-64-50-59-28-43(55)49(62-50)67-18-21-71-22-19-67)33-6-4-32(5-7-33)29-65-14-16-66(17-15-65)30-39-31-68(20-23-72-39)44-25-38(10-13-42(44)54)63-60-26-35-9-12-41(46(53)48(35)70)34-2-1-3-37(24-34)51(56,57)58/h1-13,24-28,39,63,69-70H,14-23,29-31H2,(H,59,62,64)/b60-26-,61-27+. The molecule has 1 aromatic heterocycles. The number of aromatic nitrogens is 2. The third-order valence-corrected chi connectivity index (χ3v) is 13.4. The molecule has 5 aromatic carbocycles. The zero-order valence-corrected chi connectivity index (χ0v) is 40.1. The van der Waals surface area contributed by atoms with E-state index in [1.807, 2.05) is 23.1 Å². The van der Waals surface area contributed by atoms with Crippen molar-refractivity contribution in [2.75, 3.05) is 99.4 Å². The molecule has 3 saturated heterocycles. The van der Waals surface area contributed by atoms with Crippen LogP contribution < -0.4 is 20.7 Å². The number of aromatic hydroxyl groups is 2. The number of benzene rings is 5. The average molecular weight is 1030 g/mol. The van der Waals surface area contributed by atoms with E-state index in [9.17, 15) is 27.8 Å². The molecule has 72 heavy (non-hydrogen) atoms. The van der Waals surface area contributed by atoms with Crippen molar-refractivity contribution in [3.8, 4) is 33.8 Å². The highest BCUT2D eigenvalue weighted by Gasteiger charge is 2.31. The first kappa shape index (κ1) is 50.3. The smallest absolute Gasteiger partial charge is 0.416 e. The number of alkyl halides is 3. The van der Waals surface area contributed by atoms with Gasteiger partial charge in [0.15, 0.2) is 11.6 Å². The number of morpholine rings is 2. The maximum Gasteiger partial charge on any atom is 0.416 e. The van der Waals surface area contributed by atoms with Gasteiger partial charge in [-0.1, -0.05) is 71.7 Å². The van der Waals surface area contributed by atoms with E-state index >= 15 is 4.39 Å². The number of hydrogen-bond acceptors (Lipinski definition) is 14. The number of nitrogens with zero attached hydrogens (tertiary/aromatic N) is 8. The van der Waals surface area contributed by atoms with Crippen LogP contribution in [-0.2, 0) is 22.2 Å². The Bertz CT molecular complexity index is 2940. The Labute approximate surface area is 421 Å². The summed E-state index contributed by atoms with van der Waals surface area (Å²) in [5.41, 5.74) is 9.27. The predicted octanol–water partition coefficient (Wildman–Crippen LogP) is 9.58. The molecule has 0 saturated carbocycles. The minimum Gasteiger partial charge on any atom is -0.506 e. The Morgan fingerprint density at radius 2 is 1.36 bits per heavy atom. The molecule has 0 bridgehead atoms. The summed E-state index contributed by atoms with van der Waals surface area (Å²) < 4.78 is 81.1. The SMILES string of the molecule is Oc1c(/C=N\Nc2ccc(F)c(N3CCOC(CN4CCN(Cc5ccc(-c6ccc(/C=N/Nc7ncc(F)c(N8CCOCC8)n7)c(O)c6Cl)cc5)CC4)C3)c2)ccc(-c2cccc(C(F)(F)F)c2)c1Cl. The van der Waals surface area contributed by atoms with Crippen LogP contribution in [0, 0.1) is 11.6 Å². The van der Waals surface area contributed by atoms with Gasteiger partial charge < -0.3 is 29.5 Å². The molecule has 1 atom stereocenters. The fourth-order valence-electron chi connectivity index (χ4n) is 8.76. The van der Waals surface area contributed by atoms with E-state index in [1.54, 1.807) is 23.1 Å². The van der Waals surface area contributed by atoms with Crippen LogP contribution in [-0.4, -0.2) is 127 Å². The Hall–Kier alpha value is -6.61. The van der Waals surface area contributed by atoms with Gasteiger partial charge in [0, 0.05) is 87.7 Å². The summed E-state index contributed by atoms with van der Waals surface area (Å²) in [6, 6.07) is 23.8. The molecule has 4 heterocycles. The molecule has 9 rings (SSSR count). The quantitative estimate of drug-likeness (QED) is 0.0468. The number of hydrazone groups is 2. The van der Waals surface area contributed by atoms with Gasteiger partial charge in [0.1, 0.15) is 17.3 Å². The van der Waals surface area contributed by atoms with Crippen molar-refractivity contribution in [1.29, 1.82) is 0 Å². The fourth-order valence-corrected chi connectivity index (χ4v) is 9.32. The Balaban J connectivity index is 0.737. The van der Waals surface area contributed by atoms with Crippen LogP contribution in [0.1, 0.15) is 22.3 Å². The van der Waals surface area contributed by atoms with Crippen molar-refractivity contribution >= 4 is 58.8 Å². The normalized spacial score (nSPS) is 17.3. The molecule has 0 aliphatic carbocycles. The molecule has 4 N–H and O–H groups in total. The summed E-state index contributed by atoms with van der Waals surface area (Å²) in [6.45, 7) is 8.22. The third kappa shape index (κ3) is 12.0. The number of halogens is 7. The van der Waals surface area contributed by atoms with Gasteiger partial charge >= 0.3 is 6.18 Å². The second-order valence-electron chi connectivity index (χ2n) is 17.4. The van der Waals surface area contributed by atoms with Gasteiger partial charge in [0.2, 0.25) is 5.95 Å². The number of phenols is 2. The number of piperazine rings is 1. The van der Waals surface area contributed by atoms with Crippen LogP contribution in [0.2, 0.25) is 10.0 Å². The molecular formula is C51H49Cl2F5N10O4. The van der Waals surface area contributed by atoms with Crippen molar-refractivity contribution in [1.82, 2.24) is 19.8 Å². The molecule has 0 amide bonds. The molecular weight excluding hydrogens is 983 g/mol. The largest absolute Gasteiger partial charge is 0.506 e. The maximum atomic E-state index is 15.3. The molecule has 0 radical (unpaired) electrons. The summed E-state index contributed by atoms with van der Waals surface area (Å²) in [4.78, 5) is 16.7. The second-order valence-corrected chi connectivity index (χ2v) is 18.1. The van der Waals surface area contributed by atoms with Crippen LogP contribution in [0.25, 0.3) is 22.3 Å². The molecule has 3 fully saturated rings. The minimum absolute atomic E-state index is 0.0998. The van der Waals surface area contributed by atoms with E-state index in [2.05, 4.69) is 53.0 Å². The van der Waals surface area contributed by atoms with E-state index in [-0.39, 0.29) is 56.1 Å². The highest BCUT2D eigenvalue weighted by atomic mass is 35.5. The van der Waals surface area contributed by atoms with Gasteiger partial charge in [-0.25, -0.2) is 19.2 Å². The van der Waals surface area contributed by atoms with Crippen LogP contribution in [0.5, 0.6) is 11.5 Å². The molecule has 6 aromatic rings. The van der Waals surface area contributed by atoms with Crippen molar-refractivity contribution in [2.24, 2.45) is 10.2 Å². The lowest BCUT2D eigenvalue weighted by Gasteiger charge is -2.40. The lowest BCUT2D eigenvalue weighted by atomic mass is 10.0. The predicted molar refractivity (Wildman–Crippen MR) is 270 cm³/mol. The zero-order chi connectivity index (χ0) is 50.4. The lowest BCUT2D eigenvalue weighted by molar-refractivity contribution is -0.137. The molecule has 1 unspecified atom stereocenters. The summed E-state index contributed by atoms with van der Waals surface area (Å²) in [6.07, 6.45) is -0.884. The summed E-state index contributed by atoms with van der Waals surface area (Å²) in [7, 11) is 0. The van der Waals surface area contributed by atoms with E-state index in [4.69, 9.17) is 32.7 Å². The molecule has 14 nitrogen and oxygen atoms in total. The Morgan fingerprint density at radius 1 is 0.708 bits per heavy atom. The van der Waals surface area contributed by atoms with Gasteiger partial charge in [-0.05, 0) is 59.2 Å². The van der Waals surface area contributed by atoms with Gasteiger partial charge in [0.05, 0.1) is 71.5 Å². The number of ether oxygens (including phenoxy) is 2. The third-order valence-electron chi connectivity index (χ3n) is 12.6. The Kier molecular flexibility index (Phi) is 15.7. The van der Waals surface area contributed by atoms with Crippen LogP contribution >= 0.6 is 23.2 Å². The highest BCUT2D eigenvalue weighted by molar-refractivity contribution is 6.35. The van der Waals surface area contributed by atoms with Crippen LogP contribution in [0.3, 0.4) is 0 Å². The van der Waals surface area contributed by atoms with Crippen molar-refractivity contribution in [2.45, 2.75) is 18.8 Å². The number of nitrogens with one attached hydrogen (secondary N) is 2. The van der Waals surface area contributed by atoms with E-state index in [1.165, 1.54) is 42.8 Å². The summed E-state index contributed by atoms with van der Waals surface area (Å²) >= 11 is 13.1. The topological polar surface area (TPSA) is 146 Å². The van der Waals surface area contributed by atoms with Gasteiger partial charge in [-0.2, -0.15) is 28.4 Å². The Morgan fingerprint density at radius 3 is 2.06 bits per heavy atom. The van der Waals surface area contributed by atoms with E-state index < -0.39 is 23.4 Å². The van der Waals surface area contributed by atoms with Gasteiger partial charge in [-0.3, -0.25) is 15.2 Å². The first-order chi connectivity index (χ1) is 34.8. The van der Waals surface area contributed by atoms with E-state index in [0.29, 0.717) is 75.0 Å². The van der Waals surface area contributed by atoms with E-state index in [0.717, 1.165) is 62.2 Å². The number of phenolic OH excluding ortho intramolecular Hbond substituents is 2. The molecule has 21 heteroatoms. The fraction of sp³-hybridized carbons (Fsp3) is 0.294. The monoisotopic (exact) mass is 1030 g/mol. The molecule has 3 aliphatic rings. The van der Waals surface area contributed by atoms with Gasteiger partial charge in [0.25, 0.3) is 0 Å². The zero-order valence-electron chi connectivity index (χ0n) is 38.6. The number of anilines is 4. The minimum atomic E-state index is -4.53. The molecule has 0 spiro atoms. The number of hydrogen-bond donors (Lipinski definition) is 4. The summed E-state index contributed by atoms with van der Waals surface area (Å²) in [5.74, 6) is -1.16.